The van der Waals surface area contributed by atoms with Crippen LogP contribution >= 0.6 is 46.4 Å². The minimum atomic E-state index is -0.540. The van der Waals surface area contributed by atoms with Crippen molar-refractivity contribution in [3.8, 4) is 0 Å². The lowest BCUT2D eigenvalue weighted by molar-refractivity contribution is 0.0878. The van der Waals surface area contributed by atoms with E-state index < -0.39 is 23.6 Å². The second kappa shape index (κ2) is 9.41. The highest BCUT2D eigenvalue weighted by atomic mass is 35.5. The molecule has 0 N–H and O–H groups in total. The van der Waals surface area contributed by atoms with Crippen LogP contribution in [0.4, 0.5) is 11.4 Å². The molecule has 2 heterocycles. The summed E-state index contributed by atoms with van der Waals surface area (Å²) in [6.45, 7) is 0. The molecule has 2 aliphatic heterocycles. The van der Waals surface area contributed by atoms with E-state index in [0.29, 0.717) is 33.0 Å². The zero-order valence-electron chi connectivity index (χ0n) is 23.1. The average molecular weight is 680 g/mol. The highest BCUT2D eigenvalue weighted by molar-refractivity contribution is 6.49. The molecule has 46 heavy (non-hydrogen) atoms. The van der Waals surface area contributed by atoms with Crippen molar-refractivity contribution >= 4 is 124 Å². The number of hydrogen-bond donors (Lipinski definition) is 0. The molecule has 9 rings (SSSR count). The molecule has 0 aliphatic carbocycles. The monoisotopic (exact) mass is 678 g/mol. The van der Waals surface area contributed by atoms with Crippen LogP contribution < -0.4 is 9.80 Å². The van der Waals surface area contributed by atoms with Crippen molar-refractivity contribution in [3.63, 3.8) is 0 Å². The van der Waals surface area contributed by atoms with Gasteiger partial charge >= 0.3 is 0 Å². The standard InChI is InChI=1S/C36H14Cl4N2O4/c37-23-3-1-4-24(38)31(23)41-33(43)19-11-7-15-17-9-13-21-30-22(36(46)42(35(21)45)32-25(39)5-2-6-26(32)40)14-10-18(28(17)30)16-8-12-20(34(41)44)29(19)27(15)16/h1-14H. The van der Waals surface area contributed by atoms with Gasteiger partial charge in [0.1, 0.15) is 0 Å². The predicted molar refractivity (Wildman–Crippen MR) is 183 cm³/mol. The Balaban J connectivity index is 1.32. The van der Waals surface area contributed by atoms with Gasteiger partial charge in [0.25, 0.3) is 23.6 Å². The number of amides is 4. The third kappa shape index (κ3) is 3.34. The molecule has 0 atom stereocenters. The van der Waals surface area contributed by atoms with E-state index >= 15 is 0 Å². The highest BCUT2D eigenvalue weighted by Gasteiger charge is 2.39. The van der Waals surface area contributed by atoms with Gasteiger partial charge in [0.2, 0.25) is 0 Å². The summed E-state index contributed by atoms with van der Waals surface area (Å²) in [6, 6.07) is 23.7. The normalized spacial score (nSPS) is 14.6. The van der Waals surface area contributed by atoms with Crippen LogP contribution in [0.3, 0.4) is 0 Å². The van der Waals surface area contributed by atoms with Crippen molar-refractivity contribution in [2.75, 3.05) is 9.80 Å². The van der Waals surface area contributed by atoms with Crippen molar-refractivity contribution in [2.24, 2.45) is 0 Å². The van der Waals surface area contributed by atoms with Crippen LogP contribution in [0.25, 0.3) is 43.1 Å². The van der Waals surface area contributed by atoms with Gasteiger partial charge in [-0.05, 0) is 80.8 Å². The SMILES string of the molecule is O=C1c2ccc3c4ccc5c6c(ccc(c7ccc(c2c37)C(=O)N1c1c(Cl)cccc1Cl)c64)C(=O)N(c1c(Cl)cccc1Cl)C5=O. The van der Waals surface area contributed by atoms with E-state index in [9.17, 15) is 19.2 Å². The summed E-state index contributed by atoms with van der Waals surface area (Å²) in [5.74, 6) is -2.16. The zero-order chi connectivity index (χ0) is 31.8. The molecule has 2 aliphatic rings. The lowest BCUT2D eigenvalue weighted by atomic mass is 9.82. The van der Waals surface area contributed by atoms with E-state index in [1.807, 2.05) is 24.3 Å². The van der Waals surface area contributed by atoms with Gasteiger partial charge in [-0.2, -0.15) is 0 Å². The van der Waals surface area contributed by atoms with Crippen molar-refractivity contribution in [1.82, 2.24) is 0 Å². The summed E-state index contributed by atoms with van der Waals surface area (Å²) in [7, 11) is 0. The summed E-state index contributed by atoms with van der Waals surface area (Å²) in [4.78, 5) is 58.0. The van der Waals surface area contributed by atoms with Crippen molar-refractivity contribution in [2.45, 2.75) is 0 Å². The minimum Gasteiger partial charge on any atom is -0.268 e. The summed E-state index contributed by atoms with van der Waals surface area (Å²) in [5.41, 5.74) is 1.59. The van der Waals surface area contributed by atoms with E-state index in [4.69, 9.17) is 46.4 Å². The Morgan fingerprint density at radius 3 is 0.870 bits per heavy atom. The molecule has 0 radical (unpaired) electrons. The van der Waals surface area contributed by atoms with Crippen molar-refractivity contribution in [1.29, 1.82) is 0 Å². The lowest BCUT2D eigenvalue weighted by Gasteiger charge is -2.31. The maximum absolute atomic E-state index is 14.0. The van der Waals surface area contributed by atoms with E-state index in [2.05, 4.69) is 0 Å². The quantitative estimate of drug-likeness (QED) is 0.104. The number of halogens is 4. The topological polar surface area (TPSA) is 74.8 Å². The van der Waals surface area contributed by atoms with E-state index in [1.165, 1.54) is 0 Å². The number of benzene rings is 7. The molecule has 7 aromatic carbocycles. The Labute approximate surface area is 279 Å². The van der Waals surface area contributed by atoms with Crippen molar-refractivity contribution < 1.29 is 19.2 Å². The molecule has 0 saturated carbocycles. The highest BCUT2D eigenvalue weighted by Crippen LogP contribution is 2.48. The number of imide groups is 2. The number of nitrogens with zero attached hydrogens (tertiary/aromatic N) is 2. The molecule has 10 heteroatoms. The first kappa shape index (κ1) is 27.6. The Morgan fingerprint density at radius 2 is 0.609 bits per heavy atom. The van der Waals surface area contributed by atoms with Gasteiger partial charge in [0.05, 0.1) is 31.5 Å². The first-order chi connectivity index (χ1) is 22.2. The number of carbonyl (C=O) groups is 4. The zero-order valence-corrected chi connectivity index (χ0v) is 26.1. The smallest absolute Gasteiger partial charge is 0.266 e. The van der Waals surface area contributed by atoms with Gasteiger partial charge in [-0.1, -0.05) is 82.8 Å². The van der Waals surface area contributed by atoms with Gasteiger partial charge in [0, 0.05) is 33.0 Å². The average Bonchev–Trinajstić information content (AvgIpc) is 3.04. The van der Waals surface area contributed by atoms with Crippen molar-refractivity contribution in [3.05, 3.63) is 127 Å². The summed E-state index contributed by atoms with van der Waals surface area (Å²) in [5, 5.41) is 6.30. The van der Waals surface area contributed by atoms with Gasteiger partial charge in [-0.3, -0.25) is 19.2 Å². The molecule has 6 nitrogen and oxygen atoms in total. The fourth-order valence-electron chi connectivity index (χ4n) is 7.08. The number of hydrogen-bond acceptors (Lipinski definition) is 4. The molecule has 0 bridgehead atoms. The molecule has 0 fully saturated rings. The third-order valence-electron chi connectivity index (χ3n) is 8.96. The van der Waals surface area contributed by atoms with Crippen LogP contribution in [0.1, 0.15) is 41.4 Å². The van der Waals surface area contributed by atoms with E-state index in [-0.39, 0.29) is 31.5 Å². The number of anilines is 2. The van der Waals surface area contributed by atoms with Crippen LogP contribution in [-0.4, -0.2) is 23.6 Å². The molecular formula is C36H14Cl4N2O4. The predicted octanol–water partition coefficient (Wildman–Crippen LogP) is 9.95. The Hall–Kier alpha value is -4.72. The summed E-state index contributed by atoms with van der Waals surface area (Å²) >= 11 is 25.7. The lowest BCUT2D eigenvalue weighted by Crippen LogP contribution is -2.41. The molecule has 0 saturated heterocycles. The van der Waals surface area contributed by atoms with Crippen LogP contribution in [-0.2, 0) is 0 Å². The molecule has 0 unspecified atom stereocenters. The molecule has 220 valence electrons. The molecular weight excluding hydrogens is 666 g/mol. The van der Waals surface area contributed by atoms with Crippen LogP contribution in [0.2, 0.25) is 20.1 Å². The van der Waals surface area contributed by atoms with Gasteiger partial charge in [0.15, 0.2) is 0 Å². The fourth-order valence-corrected chi connectivity index (χ4v) is 8.21. The third-order valence-corrected chi connectivity index (χ3v) is 10.2. The van der Waals surface area contributed by atoms with Crippen LogP contribution in [0.5, 0.6) is 0 Å². The second-order valence-corrected chi connectivity index (χ2v) is 12.8. The molecule has 0 spiro atoms. The number of rotatable bonds is 2. The molecule has 4 amide bonds. The fraction of sp³-hybridized carbons (Fsp3) is 0. The van der Waals surface area contributed by atoms with Crippen LogP contribution in [0, 0.1) is 0 Å². The first-order valence-electron chi connectivity index (χ1n) is 14.0. The van der Waals surface area contributed by atoms with E-state index in [1.54, 1.807) is 60.7 Å². The number of fused-ring (bicyclic) bond motifs is 2. The van der Waals surface area contributed by atoms with E-state index in [0.717, 1.165) is 42.1 Å². The maximum atomic E-state index is 14.0. The number of carbonyl (C=O) groups excluding carboxylic acids is 4. The van der Waals surface area contributed by atoms with Gasteiger partial charge in [-0.25, -0.2) is 9.80 Å². The number of para-hydroxylation sites is 2. The Morgan fingerprint density at radius 1 is 0.348 bits per heavy atom. The Bertz CT molecular complexity index is 2290. The molecule has 7 aromatic rings. The summed E-state index contributed by atoms with van der Waals surface area (Å²) in [6.07, 6.45) is 0. The van der Waals surface area contributed by atoms with Gasteiger partial charge in [-0.15, -0.1) is 0 Å². The maximum Gasteiger partial charge on any atom is 0.266 e. The first-order valence-corrected chi connectivity index (χ1v) is 15.6. The largest absolute Gasteiger partial charge is 0.268 e. The Kier molecular flexibility index (Phi) is 5.64. The summed E-state index contributed by atoms with van der Waals surface area (Å²) < 4.78 is 0. The minimum absolute atomic E-state index is 0.131. The molecule has 0 aromatic heterocycles. The second-order valence-electron chi connectivity index (χ2n) is 11.2. The van der Waals surface area contributed by atoms with Gasteiger partial charge < -0.3 is 0 Å². The van der Waals surface area contributed by atoms with Crippen LogP contribution in [0.15, 0.2) is 84.9 Å².